The smallest absolute Gasteiger partial charge is 0.224 e. The van der Waals surface area contributed by atoms with E-state index in [1.165, 1.54) is 0 Å². The van der Waals surface area contributed by atoms with Crippen LogP contribution in [0.3, 0.4) is 0 Å². The van der Waals surface area contributed by atoms with E-state index < -0.39 is 0 Å². The van der Waals surface area contributed by atoms with Gasteiger partial charge in [-0.25, -0.2) is 0 Å². The summed E-state index contributed by atoms with van der Waals surface area (Å²) in [5.74, 6) is 0.812. The van der Waals surface area contributed by atoms with E-state index >= 15 is 0 Å². The normalized spacial score (nSPS) is 30.3. The Morgan fingerprint density at radius 1 is 1.20 bits per heavy atom. The Bertz CT molecular complexity index is 359. The van der Waals surface area contributed by atoms with Crippen LogP contribution in [0.1, 0.15) is 39.0 Å². The van der Waals surface area contributed by atoms with E-state index in [4.69, 9.17) is 0 Å². The Hall–Kier alpha value is -1.10. The number of amides is 2. The first-order chi connectivity index (χ1) is 9.61. The molecule has 1 aliphatic heterocycles. The molecule has 1 saturated carbocycles. The molecule has 2 N–H and O–H groups in total. The molecule has 2 aliphatic rings. The Labute approximate surface area is 120 Å². The summed E-state index contributed by atoms with van der Waals surface area (Å²) in [5, 5.41) is 12.3. The second-order valence-corrected chi connectivity index (χ2v) is 6.18. The van der Waals surface area contributed by atoms with Gasteiger partial charge in [-0.05, 0) is 37.5 Å². The van der Waals surface area contributed by atoms with Crippen molar-refractivity contribution in [3.63, 3.8) is 0 Å². The Morgan fingerprint density at radius 3 is 2.65 bits per heavy atom. The fourth-order valence-corrected chi connectivity index (χ4v) is 3.48. The van der Waals surface area contributed by atoms with Crippen LogP contribution in [0.5, 0.6) is 0 Å². The molecule has 3 atom stereocenters. The molecule has 0 aromatic heterocycles. The number of aliphatic hydroxyl groups excluding tert-OH is 1. The molecule has 0 aromatic carbocycles. The van der Waals surface area contributed by atoms with Gasteiger partial charge in [0.15, 0.2) is 0 Å². The maximum absolute atomic E-state index is 12.2. The summed E-state index contributed by atoms with van der Waals surface area (Å²) in [5.41, 5.74) is 0. The first-order valence-corrected chi connectivity index (χ1v) is 7.76. The number of carbonyl (C=O) groups excluding carboxylic acids is 2. The molecule has 5 nitrogen and oxygen atoms in total. The number of hydrogen-bond acceptors (Lipinski definition) is 3. The maximum atomic E-state index is 12.2. The van der Waals surface area contributed by atoms with Crippen LogP contribution in [-0.2, 0) is 9.59 Å². The van der Waals surface area contributed by atoms with Gasteiger partial charge in [-0.15, -0.1) is 0 Å². The maximum Gasteiger partial charge on any atom is 0.224 e. The minimum absolute atomic E-state index is 0.0543. The van der Waals surface area contributed by atoms with Crippen molar-refractivity contribution in [1.29, 1.82) is 0 Å². The van der Waals surface area contributed by atoms with Crippen LogP contribution in [-0.4, -0.2) is 48.1 Å². The molecule has 2 rings (SSSR count). The molecule has 0 bridgehead atoms. The Balaban J connectivity index is 1.78. The summed E-state index contributed by atoms with van der Waals surface area (Å²) in [6.07, 6.45) is 5.08. The van der Waals surface area contributed by atoms with Gasteiger partial charge in [0.1, 0.15) is 0 Å². The lowest BCUT2D eigenvalue weighted by Gasteiger charge is -2.31. The lowest BCUT2D eigenvalue weighted by Crippen LogP contribution is -2.45. The highest BCUT2D eigenvalue weighted by atomic mass is 16.3. The van der Waals surface area contributed by atoms with Crippen LogP contribution in [0.25, 0.3) is 0 Å². The summed E-state index contributed by atoms with van der Waals surface area (Å²) >= 11 is 0. The van der Waals surface area contributed by atoms with Crippen LogP contribution in [0.15, 0.2) is 0 Å². The average molecular weight is 282 g/mol. The van der Waals surface area contributed by atoms with Crippen molar-refractivity contribution in [2.45, 2.75) is 39.0 Å². The van der Waals surface area contributed by atoms with E-state index in [0.717, 1.165) is 38.6 Å². The van der Waals surface area contributed by atoms with Crippen LogP contribution < -0.4 is 5.32 Å². The van der Waals surface area contributed by atoms with Crippen LogP contribution in [0.2, 0.25) is 0 Å². The van der Waals surface area contributed by atoms with E-state index in [9.17, 15) is 14.7 Å². The number of carbonyl (C=O) groups is 2. The lowest BCUT2D eigenvalue weighted by atomic mass is 9.95. The van der Waals surface area contributed by atoms with Crippen molar-refractivity contribution >= 4 is 11.8 Å². The zero-order chi connectivity index (χ0) is 14.5. The van der Waals surface area contributed by atoms with Gasteiger partial charge in [0.05, 0.1) is 5.92 Å². The van der Waals surface area contributed by atoms with Gasteiger partial charge in [-0.2, -0.15) is 0 Å². The molecule has 1 heterocycles. The van der Waals surface area contributed by atoms with Gasteiger partial charge in [-0.3, -0.25) is 9.59 Å². The summed E-state index contributed by atoms with van der Waals surface area (Å²) in [6, 6.07) is 0. The SMILES string of the molecule is CC(=O)N1CCCC(C(=O)NCC2CCCC2CO)C1. The molecule has 114 valence electrons. The minimum Gasteiger partial charge on any atom is -0.396 e. The standard InChI is InChI=1S/C15H26N2O3/c1-11(19)17-7-3-6-13(9-17)15(20)16-8-12-4-2-5-14(12)10-18/h12-14,18H,2-10H2,1H3,(H,16,20). The predicted octanol–water partition coefficient (Wildman–Crippen LogP) is 0.770. The number of aliphatic hydroxyl groups is 1. The van der Waals surface area contributed by atoms with Crippen molar-refractivity contribution < 1.29 is 14.7 Å². The molecule has 0 radical (unpaired) electrons. The highest BCUT2D eigenvalue weighted by molar-refractivity contribution is 5.80. The molecule has 3 unspecified atom stereocenters. The number of piperidine rings is 1. The van der Waals surface area contributed by atoms with Gasteiger partial charge in [0.25, 0.3) is 0 Å². The van der Waals surface area contributed by atoms with Gasteiger partial charge in [0.2, 0.25) is 11.8 Å². The van der Waals surface area contributed by atoms with Crippen LogP contribution >= 0.6 is 0 Å². The Morgan fingerprint density at radius 2 is 1.95 bits per heavy atom. The molecular weight excluding hydrogens is 256 g/mol. The van der Waals surface area contributed by atoms with Crippen molar-refractivity contribution in [3.8, 4) is 0 Å². The molecule has 20 heavy (non-hydrogen) atoms. The first kappa shape index (κ1) is 15.3. The second kappa shape index (κ2) is 7.07. The van der Waals surface area contributed by atoms with E-state index in [2.05, 4.69) is 5.32 Å². The summed E-state index contributed by atoms with van der Waals surface area (Å²) in [6.45, 7) is 3.77. The summed E-state index contributed by atoms with van der Waals surface area (Å²) < 4.78 is 0. The van der Waals surface area contributed by atoms with Gasteiger partial charge >= 0.3 is 0 Å². The van der Waals surface area contributed by atoms with Gasteiger partial charge in [-0.1, -0.05) is 6.42 Å². The highest BCUT2D eigenvalue weighted by Crippen LogP contribution is 2.30. The summed E-state index contributed by atoms with van der Waals surface area (Å²) in [4.78, 5) is 25.4. The zero-order valence-electron chi connectivity index (χ0n) is 12.3. The number of nitrogens with one attached hydrogen (secondary N) is 1. The van der Waals surface area contributed by atoms with E-state index in [1.807, 2.05) is 0 Å². The number of likely N-dealkylation sites (tertiary alicyclic amines) is 1. The topological polar surface area (TPSA) is 69.6 Å². The largest absolute Gasteiger partial charge is 0.396 e. The van der Waals surface area contributed by atoms with Crippen molar-refractivity contribution in [1.82, 2.24) is 10.2 Å². The third-order valence-corrected chi connectivity index (χ3v) is 4.83. The van der Waals surface area contributed by atoms with Gasteiger partial charge < -0.3 is 15.3 Å². The molecule has 0 aromatic rings. The fourth-order valence-electron chi connectivity index (χ4n) is 3.48. The van der Waals surface area contributed by atoms with Crippen molar-refractivity contribution in [2.24, 2.45) is 17.8 Å². The molecule has 2 fully saturated rings. The quantitative estimate of drug-likeness (QED) is 0.800. The van der Waals surface area contributed by atoms with E-state index in [-0.39, 0.29) is 24.3 Å². The average Bonchev–Trinajstić information content (AvgIpc) is 2.92. The number of hydrogen-bond donors (Lipinski definition) is 2. The molecule has 5 heteroatoms. The van der Waals surface area contributed by atoms with Crippen LogP contribution in [0.4, 0.5) is 0 Å². The molecule has 0 spiro atoms. The van der Waals surface area contributed by atoms with Crippen molar-refractivity contribution in [2.75, 3.05) is 26.2 Å². The van der Waals surface area contributed by atoms with Crippen LogP contribution in [0, 0.1) is 17.8 Å². The summed E-state index contributed by atoms with van der Waals surface area (Å²) in [7, 11) is 0. The highest BCUT2D eigenvalue weighted by Gasteiger charge is 2.30. The second-order valence-electron chi connectivity index (χ2n) is 6.18. The number of nitrogens with zero attached hydrogens (tertiary/aromatic N) is 1. The molecular formula is C15H26N2O3. The predicted molar refractivity (Wildman–Crippen MR) is 75.9 cm³/mol. The van der Waals surface area contributed by atoms with Gasteiger partial charge in [0, 0.05) is 33.2 Å². The molecule has 1 aliphatic carbocycles. The van der Waals surface area contributed by atoms with Crippen molar-refractivity contribution in [3.05, 3.63) is 0 Å². The van der Waals surface area contributed by atoms with E-state index in [0.29, 0.717) is 24.9 Å². The monoisotopic (exact) mass is 282 g/mol. The first-order valence-electron chi connectivity index (χ1n) is 7.76. The lowest BCUT2D eigenvalue weighted by molar-refractivity contribution is -0.134. The third-order valence-electron chi connectivity index (χ3n) is 4.83. The minimum atomic E-state index is -0.0679. The molecule has 2 amide bonds. The number of rotatable bonds is 4. The van der Waals surface area contributed by atoms with E-state index in [1.54, 1.807) is 11.8 Å². The Kier molecular flexibility index (Phi) is 5.40. The molecule has 1 saturated heterocycles. The third kappa shape index (κ3) is 3.72. The fraction of sp³-hybridized carbons (Fsp3) is 0.867. The zero-order valence-corrected chi connectivity index (χ0v) is 12.3.